The highest BCUT2D eigenvalue weighted by Gasteiger charge is 2.63. The highest BCUT2D eigenvalue weighted by molar-refractivity contribution is 7.89. The number of hydrogen-bond donors (Lipinski definition) is 3. The van der Waals surface area contributed by atoms with E-state index in [1.54, 1.807) is 73.6 Å². The molecule has 0 aromatic heterocycles. The fourth-order valence-electron chi connectivity index (χ4n) is 15.1. The number of para-hydroxylation sites is 2. The van der Waals surface area contributed by atoms with E-state index in [4.69, 9.17) is 23.7 Å². The van der Waals surface area contributed by atoms with Crippen LogP contribution in [0.5, 0.6) is 0 Å². The van der Waals surface area contributed by atoms with Crippen molar-refractivity contribution in [1.29, 1.82) is 0 Å². The van der Waals surface area contributed by atoms with Crippen molar-refractivity contribution in [2.75, 3.05) is 52.5 Å². The number of nitro groups is 2. The van der Waals surface area contributed by atoms with Crippen molar-refractivity contribution in [2.45, 2.75) is 208 Å². The topological polar surface area (TPSA) is 415 Å². The maximum absolute atomic E-state index is 14.8. The zero-order valence-corrected chi connectivity index (χ0v) is 71.6. The normalized spacial score (nSPS) is 21.1. The molecule has 3 aliphatic carbocycles. The Balaban J connectivity index is 0.000000300. The van der Waals surface area contributed by atoms with Crippen molar-refractivity contribution in [3.8, 4) is 0 Å². The number of aliphatic hydroxyl groups is 1. The van der Waals surface area contributed by atoms with Gasteiger partial charge in [0.15, 0.2) is 9.79 Å². The van der Waals surface area contributed by atoms with Crippen molar-refractivity contribution >= 4 is 97.4 Å². The number of nitrogens with zero attached hydrogens (tertiary/aromatic N) is 7. The lowest BCUT2D eigenvalue weighted by Gasteiger charge is -2.30. The van der Waals surface area contributed by atoms with Gasteiger partial charge in [0.05, 0.1) is 55.1 Å². The van der Waals surface area contributed by atoms with Crippen LogP contribution in [-0.2, 0) is 108 Å². The molecule has 660 valence electrons. The minimum absolute atomic E-state index is 0. The Morgan fingerprint density at radius 1 is 0.603 bits per heavy atom. The predicted octanol–water partition coefficient (Wildman–Crippen LogP) is 10.0. The quantitative estimate of drug-likeness (QED) is 0.0127. The van der Waals surface area contributed by atoms with Gasteiger partial charge in [-0.05, 0) is 154 Å². The van der Waals surface area contributed by atoms with Crippen molar-refractivity contribution in [1.82, 2.24) is 33.9 Å². The van der Waals surface area contributed by atoms with Gasteiger partial charge in [-0.3, -0.25) is 53.9 Å². The smallest absolute Gasteiger partial charge is 0.410 e. The predicted molar refractivity (Wildman–Crippen MR) is 440 cm³/mol. The summed E-state index contributed by atoms with van der Waals surface area (Å²) in [5.41, 5.74) is -2.89. The van der Waals surface area contributed by atoms with Crippen molar-refractivity contribution < 1.29 is 107 Å². The van der Waals surface area contributed by atoms with Gasteiger partial charge < -0.3 is 49.2 Å². The second-order valence-electron chi connectivity index (χ2n) is 32.0. The third kappa shape index (κ3) is 24.5. The number of nitro benzene ring substituents is 2. The van der Waals surface area contributed by atoms with Gasteiger partial charge in [-0.25, -0.2) is 40.0 Å². The van der Waals surface area contributed by atoms with Crippen LogP contribution in [0.1, 0.15) is 148 Å². The van der Waals surface area contributed by atoms with Crippen LogP contribution in [0.2, 0.25) is 0 Å². The molecule has 3 aliphatic heterocycles. The Labute approximate surface area is 709 Å². The largest absolute Gasteiger partial charge is 0.464 e. The van der Waals surface area contributed by atoms with Crippen LogP contribution < -0.4 is 10.6 Å². The van der Waals surface area contributed by atoms with Crippen LogP contribution >= 0.6 is 12.4 Å². The summed E-state index contributed by atoms with van der Waals surface area (Å²) in [6.45, 7) is 26.2. The summed E-state index contributed by atoms with van der Waals surface area (Å²) in [7, 11) is -9.02. The molecular weight excluding hydrogens is 1640 g/mol. The molecular formula is C84H108ClF2N9O23S2. The molecule has 0 unspecified atom stereocenters. The number of likely N-dealkylation sites (tertiary alicyclic amines) is 2. The molecule has 10 rings (SSSR count). The Morgan fingerprint density at radius 3 is 1.44 bits per heavy atom. The van der Waals surface area contributed by atoms with E-state index in [0.29, 0.717) is 11.1 Å². The molecule has 4 fully saturated rings. The van der Waals surface area contributed by atoms with Crippen molar-refractivity contribution in [2.24, 2.45) is 23.7 Å². The Morgan fingerprint density at radius 2 is 1.03 bits per heavy atom. The Bertz CT molecular complexity index is 4790. The molecule has 3 N–H and O–H groups in total. The summed E-state index contributed by atoms with van der Waals surface area (Å²) in [5.74, 6) is -9.79. The van der Waals surface area contributed by atoms with Gasteiger partial charge in [-0.15, -0.1) is 38.7 Å². The average molecular weight is 1750 g/mol. The maximum atomic E-state index is 14.8. The maximum Gasteiger partial charge on any atom is 0.410 e. The summed E-state index contributed by atoms with van der Waals surface area (Å²) in [6.07, 6.45) is 4.84. The first kappa shape index (κ1) is 97.7. The molecule has 4 aromatic rings. The van der Waals surface area contributed by atoms with Gasteiger partial charge >= 0.3 is 30.0 Å². The number of aryl methyl sites for hydroxylation is 1. The van der Waals surface area contributed by atoms with E-state index in [9.17, 15) is 94.1 Å². The van der Waals surface area contributed by atoms with E-state index < -0.39 is 200 Å². The van der Waals surface area contributed by atoms with Crippen LogP contribution in [0.25, 0.3) is 0 Å². The van der Waals surface area contributed by atoms with Crippen LogP contribution in [0.3, 0.4) is 0 Å². The van der Waals surface area contributed by atoms with E-state index in [2.05, 4.69) is 36.9 Å². The molecule has 0 radical (unpaired) electrons. The van der Waals surface area contributed by atoms with E-state index in [1.807, 2.05) is 6.07 Å². The van der Waals surface area contributed by atoms with Crippen molar-refractivity contribution in [3.63, 3.8) is 0 Å². The third-order valence-electron chi connectivity index (χ3n) is 21.2. The summed E-state index contributed by atoms with van der Waals surface area (Å²) < 4.78 is 112. The van der Waals surface area contributed by atoms with Crippen molar-refractivity contribution in [3.05, 3.63) is 190 Å². The molecule has 37 heteroatoms. The number of rotatable bonds is 35. The first-order valence-electron chi connectivity index (χ1n) is 39.7. The van der Waals surface area contributed by atoms with Gasteiger partial charge in [-0.2, -0.15) is 8.61 Å². The van der Waals surface area contributed by atoms with Gasteiger partial charge in [0.1, 0.15) is 52.1 Å². The number of ether oxygens (including phenoxy) is 5. The zero-order valence-electron chi connectivity index (χ0n) is 69.1. The number of esters is 4. The number of nitrogens with one attached hydrogen (secondary N) is 2. The summed E-state index contributed by atoms with van der Waals surface area (Å²) in [6, 6.07) is 17.0. The molecule has 10 atom stereocenters. The van der Waals surface area contributed by atoms with Gasteiger partial charge in [0.2, 0.25) is 43.7 Å². The van der Waals surface area contributed by atoms with Crippen LogP contribution in [0.4, 0.5) is 25.0 Å². The second-order valence-corrected chi connectivity index (χ2v) is 35.8. The van der Waals surface area contributed by atoms with Crippen LogP contribution in [0.15, 0.2) is 145 Å². The number of benzene rings is 4. The Kier molecular flexibility index (Phi) is 33.9. The number of β-amino-alcohol motifs (C(OH)–C–C–N with tert-alkyl or cyclic N) is 1. The fraction of sp³-hybridized carbons (Fsp3) is 0.512. The van der Waals surface area contributed by atoms with E-state index in [-0.39, 0.29) is 129 Å². The molecule has 2 saturated heterocycles. The first-order valence-corrected chi connectivity index (χ1v) is 42.6. The summed E-state index contributed by atoms with van der Waals surface area (Å²) in [5, 5.41) is 39.6. The standard InChI is InChI=1S/C42H52FN5O12S.C33H46N4O11S.C9H9F.ClH/c1-7-10-19-46(61(56,57)35-17-12-11-16-33(35)48(54)55)20-18-27(21-36(49)60-41(4,5)6)38(51)47-25-30(59-40(53)45-24-28-14-13-15-32(43)31(28)26-45)22-34(47)37(50)44-42(23-29(42)8-2)39(52)58-9-3;1-7-10-16-35(49(45,46)27-14-12-11-13-25(27)37(43)44)17-15-22(18-28(39)48-32(4,5)6)30(41)36-21-24(38)19-26(36)29(40)34-33(20-23(33)8-2)31(42)47-9-3;10-9-6-2-4-7-3-1-5-8(7)9;/h7-8,11-17,27,29-30,34H,1-2,9-10,18-26H2,3-6H3,(H,44,50);7-8,11-14,22-24,26,38H,1-2,9-10,15-21H2,3-6H3,(H,34,40);2,4,6H,1,3,5H2;1H/t27-,29-,30-,34+,42-;22-,23-,24-,26+,33-;;/m11../s1. The first-order chi connectivity index (χ1) is 56.5. The number of halogens is 3. The number of carbonyl (C=O) groups is 9. The number of aliphatic hydroxyl groups excluding tert-OH is 1. The molecule has 5 amide bonds. The lowest BCUT2D eigenvalue weighted by atomic mass is 9.98. The molecule has 6 aliphatic rings. The lowest BCUT2D eigenvalue weighted by molar-refractivity contribution is -0.388. The van der Waals surface area contributed by atoms with Gasteiger partial charge in [0, 0.05) is 93.5 Å². The highest BCUT2D eigenvalue weighted by Crippen LogP contribution is 2.47. The van der Waals surface area contributed by atoms with Crippen LogP contribution in [0, 0.1) is 55.5 Å². The van der Waals surface area contributed by atoms with Crippen LogP contribution in [-0.4, -0.2) is 208 Å². The minimum atomic E-state index is -4.56. The third-order valence-corrected chi connectivity index (χ3v) is 25.1. The molecule has 0 bridgehead atoms. The van der Waals surface area contributed by atoms with E-state index >= 15 is 0 Å². The number of carbonyl (C=O) groups excluding carboxylic acids is 9. The average Bonchev–Trinajstić information content (AvgIpc) is 1.58. The molecule has 2 saturated carbocycles. The molecule has 3 heterocycles. The summed E-state index contributed by atoms with van der Waals surface area (Å²) >= 11 is 0. The lowest BCUT2D eigenvalue weighted by Crippen LogP contribution is -2.54. The van der Waals surface area contributed by atoms with Gasteiger partial charge in [-0.1, -0.05) is 72.8 Å². The van der Waals surface area contributed by atoms with Gasteiger partial charge in [0.25, 0.3) is 11.4 Å². The number of sulfonamides is 2. The summed E-state index contributed by atoms with van der Waals surface area (Å²) in [4.78, 5) is 147. The molecule has 4 aromatic carbocycles. The highest BCUT2D eigenvalue weighted by atomic mass is 35.5. The van der Waals surface area contributed by atoms with E-state index in [0.717, 1.165) is 67.5 Å². The second kappa shape index (κ2) is 41.9. The molecule has 121 heavy (non-hydrogen) atoms. The fourth-order valence-corrected chi connectivity index (χ4v) is 18.3. The molecule has 0 spiro atoms. The number of fused-ring (bicyclic) bond motifs is 2. The molecule has 32 nitrogen and oxygen atoms in total. The van der Waals surface area contributed by atoms with E-state index in [1.165, 1.54) is 71.2 Å². The Hall–Kier alpha value is -10.4. The minimum Gasteiger partial charge on any atom is -0.464 e. The number of hydrogen-bond acceptors (Lipinski definition) is 23. The number of amides is 5. The SMILES string of the molecule is C=CCCN(CC[C@H](CC(=O)OC(C)(C)C)C(=O)N1C[C@H](O)C[C@H]1C(=O)N[C@]1(C(=O)OCC)C[C@H]1C=C)S(=O)(=O)c1ccccc1[N+](=O)[O-].C=CCCN(CC[C@H](CC(=O)OC(C)(C)C)C(=O)N1C[C@H](OC(=O)N2Cc3cccc(F)c3C2)C[C@H]1C(=O)N[C@]1(C(=O)OCC)C[C@H]1C=C)S(=O)(=O)c1ccccc1[N+](=O)[O-].Cl.Fc1cccc2c1CCC2. The monoisotopic (exact) mass is 1750 g/mol. The zero-order chi connectivity index (χ0) is 88.6.